The molecule has 0 atom stereocenters. The molecular formula is C18H18N4O4S. The largest absolute Gasteiger partial charge is 0.328 e. The summed E-state index contributed by atoms with van der Waals surface area (Å²) in [6.07, 6.45) is 0. The van der Waals surface area contributed by atoms with Crippen molar-refractivity contribution in [2.75, 3.05) is 11.1 Å². The lowest BCUT2D eigenvalue weighted by molar-refractivity contribution is -0.383. The number of imidazole rings is 1. The van der Waals surface area contributed by atoms with Gasteiger partial charge in [-0.25, -0.2) is 4.79 Å². The summed E-state index contributed by atoms with van der Waals surface area (Å²) in [7, 11) is 3.13. The molecule has 1 N–H and O–H groups in total. The van der Waals surface area contributed by atoms with Gasteiger partial charge in [0.05, 0.1) is 21.7 Å². The van der Waals surface area contributed by atoms with Crippen molar-refractivity contribution in [1.29, 1.82) is 0 Å². The zero-order valence-corrected chi connectivity index (χ0v) is 15.9. The first kappa shape index (κ1) is 18.7. The van der Waals surface area contributed by atoms with Crippen LogP contribution in [0.25, 0.3) is 11.0 Å². The van der Waals surface area contributed by atoms with Crippen LogP contribution in [0.4, 0.5) is 11.4 Å². The maximum absolute atomic E-state index is 12.3. The Morgan fingerprint density at radius 2 is 1.74 bits per heavy atom. The summed E-state index contributed by atoms with van der Waals surface area (Å²) in [6.45, 7) is 1.98. The first-order valence-electron chi connectivity index (χ1n) is 8.11. The van der Waals surface area contributed by atoms with E-state index >= 15 is 0 Å². The molecule has 0 unspecified atom stereocenters. The monoisotopic (exact) mass is 386 g/mol. The number of carbonyl (C=O) groups excluding carboxylic acids is 1. The molecule has 0 aliphatic heterocycles. The number of hydrogen-bond acceptors (Lipinski definition) is 5. The van der Waals surface area contributed by atoms with Crippen LogP contribution in [0, 0.1) is 17.0 Å². The number of thioether (sulfide) groups is 1. The van der Waals surface area contributed by atoms with Crippen LogP contribution in [0.15, 0.2) is 46.1 Å². The van der Waals surface area contributed by atoms with Gasteiger partial charge in [-0.15, -0.1) is 11.8 Å². The predicted molar refractivity (Wildman–Crippen MR) is 105 cm³/mol. The number of nitro benzene ring substituents is 1. The van der Waals surface area contributed by atoms with Crippen LogP contribution in [-0.4, -0.2) is 25.7 Å². The number of carbonyl (C=O) groups is 1. The molecule has 0 fully saturated rings. The lowest BCUT2D eigenvalue weighted by Crippen LogP contribution is -2.19. The topological polar surface area (TPSA) is 99.2 Å². The number of nitrogens with one attached hydrogen (secondary N) is 1. The third-order valence-corrected chi connectivity index (χ3v) is 5.26. The molecule has 3 rings (SSSR count). The number of nitro groups is 1. The van der Waals surface area contributed by atoms with Crippen molar-refractivity contribution < 1.29 is 9.72 Å². The molecule has 1 amide bonds. The normalized spacial score (nSPS) is 10.9. The van der Waals surface area contributed by atoms with Gasteiger partial charge in [0.2, 0.25) is 5.91 Å². The van der Waals surface area contributed by atoms with Gasteiger partial charge in [0.1, 0.15) is 5.69 Å². The van der Waals surface area contributed by atoms with E-state index in [0.29, 0.717) is 11.0 Å². The van der Waals surface area contributed by atoms with Gasteiger partial charge in [0.15, 0.2) is 0 Å². The van der Waals surface area contributed by atoms with E-state index in [1.165, 1.54) is 33.0 Å². The van der Waals surface area contributed by atoms with Crippen LogP contribution in [-0.2, 0) is 18.9 Å². The van der Waals surface area contributed by atoms with Crippen molar-refractivity contribution in [2.45, 2.75) is 11.8 Å². The molecule has 8 nitrogen and oxygen atoms in total. The SMILES string of the molecule is Cc1ccc(SCC(=O)Nc2cc3c(cc2[N+](=O)[O-])n(C)c(=O)n3C)cc1. The van der Waals surface area contributed by atoms with Crippen LogP contribution >= 0.6 is 11.8 Å². The Kier molecular flexibility index (Phi) is 5.04. The van der Waals surface area contributed by atoms with E-state index < -0.39 is 4.92 Å². The van der Waals surface area contributed by atoms with E-state index in [9.17, 15) is 19.7 Å². The van der Waals surface area contributed by atoms with Gasteiger partial charge in [-0.05, 0) is 25.1 Å². The van der Waals surface area contributed by atoms with Gasteiger partial charge >= 0.3 is 5.69 Å². The molecule has 1 heterocycles. The van der Waals surface area contributed by atoms with Crippen molar-refractivity contribution in [3.8, 4) is 0 Å². The smallest absolute Gasteiger partial charge is 0.320 e. The van der Waals surface area contributed by atoms with E-state index in [1.54, 1.807) is 14.1 Å². The average Bonchev–Trinajstić information content (AvgIpc) is 2.84. The molecule has 2 aromatic carbocycles. The van der Waals surface area contributed by atoms with Crippen LogP contribution in [0.1, 0.15) is 5.56 Å². The Morgan fingerprint density at radius 1 is 1.15 bits per heavy atom. The Labute approximate surface area is 158 Å². The maximum atomic E-state index is 12.3. The minimum absolute atomic E-state index is 0.0724. The molecule has 0 aliphatic carbocycles. The molecule has 140 valence electrons. The third-order valence-electron chi connectivity index (χ3n) is 4.25. The highest BCUT2D eigenvalue weighted by Crippen LogP contribution is 2.30. The number of amides is 1. The lowest BCUT2D eigenvalue weighted by atomic mass is 10.2. The average molecular weight is 386 g/mol. The summed E-state index contributed by atoms with van der Waals surface area (Å²) in [5.74, 6) is -0.240. The summed E-state index contributed by atoms with van der Waals surface area (Å²) >= 11 is 1.34. The van der Waals surface area contributed by atoms with Crippen molar-refractivity contribution in [3.05, 3.63) is 62.6 Å². The number of hydrogen-bond donors (Lipinski definition) is 1. The maximum Gasteiger partial charge on any atom is 0.328 e. The zero-order chi connectivity index (χ0) is 19.7. The van der Waals surface area contributed by atoms with Gasteiger partial charge in [-0.2, -0.15) is 0 Å². The molecule has 0 saturated heterocycles. The first-order valence-corrected chi connectivity index (χ1v) is 9.09. The van der Waals surface area contributed by atoms with Gasteiger partial charge in [0, 0.05) is 25.1 Å². The van der Waals surface area contributed by atoms with Crippen molar-refractivity contribution in [2.24, 2.45) is 14.1 Å². The lowest BCUT2D eigenvalue weighted by Gasteiger charge is -2.07. The second-order valence-corrected chi connectivity index (χ2v) is 7.21. The molecular weight excluding hydrogens is 368 g/mol. The fraction of sp³-hybridized carbons (Fsp3) is 0.222. The Morgan fingerprint density at radius 3 is 2.33 bits per heavy atom. The molecule has 27 heavy (non-hydrogen) atoms. The number of nitrogens with zero attached hydrogens (tertiary/aromatic N) is 3. The molecule has 0 saturated carbocycles. The Bertz CT molecular complexity index is 1100. The number of aromatic nitrogens is 2. The molecule has 0 aliphatic rings. The highest BCUT2D eigenvalue weighted by atomic mass is 32.2. The first-order chi connectivity index (χ1) is 12.8. The molecule has 0 bridgehead atoms. The minimum Gasteiger partial charge on any atom is -0.320 e. The van der Waals surface area contributed by atoms with E-state index in [0.717, 1.165) is 10.5 Å². The van der Waals surface area contributed by atoms with Crippen LogP contribution in [0.2, 0.25) is 0 Å². The highest BCUT2D eigenvalue weighted by molar-refractivity contribution is 8.00. The van der Waals surface area contributed by atoms with Crippen LogP contribution in [0.5, 0.6) is 0 Å². The Balaban J connectivity index is 1.86. The van der Waals surface area contributed by atoms with E-state index in [-0.39, 0.29) is 28.7 Å². The third kappa shape index (κ3) is 3.72. The standard InChI is InChI=1S/C18H18N4O4S/c1-11-4-6-12(7-5-11)27-10-17(23)19-13-8-15-16(9-14(13)22(25)26)21(3)18(24)20(15)2/h4-9H,10H2,1-3H3,(H,19,23). The quantitative estimate of drug-likeness (QED) is 0.413. The van der Waals surface area contributed by atoms with E-state index in [1.807, 2.05) is 31.2 Å². The fourth-order valence-electron chi connectivity index (χ4n) is 2.76. The van der Waals surface area contributed by atoms with Gasteiger partial charge in [-0.3, -0.25) is 24.0 Å². The number of fused-ring (bicyclic) bond motifs is 1. The van der Waals surface area contributed by atoms with Crippen molar-refractivity contribution in [3.63, 3.8) is 0 Å². The summed E-state index contributed by atoms with van der Waals surface area (Å²) in [6, 6.07) is 10.5. The number of rotatable bonds is 5. The number of anilines is 1. The second-order valence-electron chi connectivity index (χ2n) is 6.17. The molecule has 1 aromatic heterocycles. The second kappa shape index (κ2) is 7.28. The molecule has 0 radical (unpaired) electrons. The number of benzene rings is 2. The Hall–Kier alpha value is -3.07. The van der Waals surface area contributed by atoms with E-state index in [2.05, 4.69) is 5.32 Å². The highest BCUT2D eigenvalue weighted by Gasteiger charge is 2.21. The van der Waals surface area contributed by atoms with Crippen LogP contribution in [0.3, 0.4) is 0 Å². The summed E-state index contributed by atoms with van der Waals surface area (Å²) in [4.78, 5) is 36.1. The summed E-state index contributed by atoms with van der Waals surface area (Å²) in [5, 5.41) is 14.0. The number of aryl methyl sites for hydroxylation is 3. The van der Waals surface area contributed by atoms with Gasteiger partial charge in [0.25, 0.3) is 5.69 Å². The molecule has 9 heteroatoms. The summed E-state index contributed by atoms with van der Waals surface area (Å²) < 4.78 is 2.72. The minimum atomic E-state index is -0.570. The van der Waals surface area contributed by atoms with E-state index in [4.69, 9.17) is 0 Å². The van der Waals surface area contributed by atoms with Gasteiger partial charge < -0.3 is 5.32 Å². The van der Waals surface area contributed by atoms with Gasteiger partial charge in [-0.1, -0.05) is 17.7 Å². The summed E-state index contributed by atoms with van der Waals surface area (Å²) in [5.41, 5.74) is 1.59. The molecule has 3 aromatic rings. The molecule has 0 spiro atoms. The van der Waals surface area contributed by atoms with Crippen molar-refractivity contribution in [1.82, 2.24) is 9.13 Å². The predicted octanol–water partition coefficient (Wildman–Crippen LogP) is 2.82. The van der Waals surface area contributed by atoms with Crippen molar-refractivity contribution >= 4 is 40.1 Å². The van der Waals surface area contributed by atoms with Crippen LogP contribution < -0.4 is 11.0 Å². The zero-order valence-electron chi connectivity index (χ0n) is 15.1. The fourth-order valence-corrected chi connectivity index (χ4v) is 3.45.